The Morgan fingerprint density at radius 2 is 1.73 bits per heavy atom. The quantitative estimate of drug-likeness (QED) is 0.628. The Morgan fingerprint density at radius 1 is 1.08 bits per heavy atom. The average Bonchev–Trinajstić information content (AvgIpc) is 2.60. The second-order valence-electron chi connectivity index (χ2n) is 6.08. The molecule has 0 radical (unpaired) electrons. The molecule has 0 unspecified atom stereocenters. The maximum atomic E-state index is 12.2. The molecule has 0 heterocycles. The zero-order valence-electron chi connectivity index (χ0n) is 14.3. The first-order valence-electron chi connectivity index (χ1n) is 8.27. The number of hydrogen-bond acceptors (Lipinski definition) is 4. The molecule has 0 aliphatic heterocycles. The highest BCUT2D eigenvalue weighted by molar-refractivity contribution is 9.10. The number of nitrogens with one attached hydrogen (secondary N) is 1. The number of aliphatic hydroxyl groups excluding tert-OH is 1. The number of carbonyl (C=O) groups excluding carboxylic acids is 1. The van der Waals surface area contributed by atoms with Crippen molar-refractivity contribution in [3.8, 4) is 0 Å². The van der Waals surface area contributed by atoms with Crippen molar-refractivity contribution in [2.75, 3.05) is 18.9 Å². The fourth-order valence-corrected chi connectivity index (χ4v) is 4.21. The molecule has 0 saturated carbocycles. The van der Waals surface area contributed by atoms with E-state index in [0.29, 0.717) is 12.0 Å². The summed E-state index contributed by atoms with van der Waals surface area (Å²) in [6.45, 7) is 0.286. The van der Waals surface area contributed by atoms with E-state index >= 15 is 0 Å². The highest BCUT2D eigenvalue weighted by Gasteiger charge is 2.19. The third-order valence-electron chi connectivity index (χ3n) is 3.95. The van der Waals surface area contributed by atoms with Gasteiger partial charge in [-0.05, 0) is 29.7 Å². The van der Waals surface area contributed by atoms with Crippen LogP contribution in [0.2, 0.25) is 0 Å². The molecule has 1 atom stereocenters. The fourth-order valence-electron chi connectivity index (χ4n) is 2.64. The molecular formula is C19H22BrNO4S. The van der Waals surface area contributed by atoms with Crippen LogP contribution < -0.4 is 5.32 Å². The topological polar surface area (TPSA) is 83.5 Å². The van der Waals surface area contributed by atoms with E-state index in [2.05, 4.69) is 21.2 Å². The fraction of sp³-hybridized carbons (Fsp3) is 0.316. The summed E-state index contributed by atoms with van der Waals surface area (Å²) in [7, 11) is -3.55. The predicted molar refractivity (Wildman–Crippen MR) is 106 cm³/mol. The highest BCUT2D eigenvalue weighted by Crippen LogP contribution is 2.18. The number of aliphatic hydroxyl groups is 1. The molecule has 2 aromatic rings. The summed E-state index contributed by atoms with van der Waals surface area (Å²) in [4.78, 5) is 12.1. The monoisotopic (exact) mass is 439 g/mol. The number of amides is 1. The van der Waals surface area contributed by atoms with Gasteiger partial charge in [0.25, 0.3) is 0 Å². The Kier molecular flexibility index (Phi) is 7.81. The number of rotatable bonds is 9. The number of hydrogen-bond donors (Lipinski definition) is 2. The summed E-state index contributed by atoms with van der Waals surface area (Å²) < 4.78 is 25.3. The summed E-state index contributed by atoms with van der Waals surface area (Å²) >= 11 is 3.30. The van der Waals surface area contributed by atoms with Crippen molar-refractivity contribution in [3.05, 3.63) is 70.2 Å². The van der Waals surface area contributed by atoms with E-state index in [1.54, 1.807) is 24.3 Å². The summed E-state index contributed by atoms with van der Waals surface area (Å²) in [5.74, 6) is -1.31. The number of halogens is 1. The van der Waals surface area contributed by atoms with E-state index in [1.807, 2.05) is 30.3 Å². The van der Waals surface area contributed by atoms with Crippen LogP contribution in [0.25, 0.3) is 0 Å². The maximum absolute atomic E-state index is 12.2. The van der Waals surface area contributed by atoms with Crippen LogP contribution in [0.15, 0.2) is 59.1 Å². The van der Waals surface area contributed by atoms with Gasteiger partial charge < -0.3 is 10.4 Å². The minimum Gasteiger partial charge on any atom is -0.396 e. The van der Waals surface area contributed by atoms with Gasteiger partial charge in [-0.15, -0.1) is 0 Å². The Balaban J connectivity index is 1.91. The molecular weight excluding hydrogens is 418 g/mol. The Bertz CT molecular complexity index is 807. The van der Waals surface area contributed by atoms with Gasteiger partial charge in [0.15, 0.2) is 9.84 Å². The smallest absolute Gasteiger partial charge is 0.235 e. The molecule has 2 N–H and O–H groups in total. The number of benzene rings is 2. The van der Waals surface area contributed by atoms with Gasteiger partial charge in [-0.2, -0.15) is 0 Å². The van der Waals surface area contributed by atoms with Crippen LogP contribution in [-0.4, -0.2) is 38.3 Å². The second kappa shape index (κ2) is 9.85. The van der Waals surface area contributed by atoms with Gasteiger partial charge in [-0.1, -0.05) is 58.4 Å². The molecule has 2 aromatic carbocycles. The molecule has 0 aliphatic rings. The van der Waals surface area contributed by atoms with E-state index in [1.165, 1.54) is 0 Å². The third-order valence-corrected chi connectivity index (χ3v) is 5.95. The molecule has 0 saturated heterocycles. The van der Waals surface area contributed by atoms with Crippen molar-refractivity contribution in [2.45, 2.75) is 18.1 Å². The van der Waals surface area contributed by atoms with Gasteiger partial charge in [-0.3, -0.25) is 4.79 Å². The van der Waals surface area contributed by atoms with Gasteiger partial charge in [0.1, 0.15) is 5.75 Å². The van der Waals surface area contributed by atoms with Gasteiger partial charge >= 0.3 is 0 Å². The van der Waals surface area contributed by atoms with Crippen molar-refractivity contribution in [1.29, 1.82) is 0 Å². The largest absolute Gasteiger partial charge is 0.396 e. The summed E-state index contributed by atoms with van der Waals surface area (Å²) in [5.41, 5.74) is 1.64. The molecule has 0 fully saturated rings. The van der Waals surface area contributed by atoms with E-state index in [9.17, 15) is 18.3 Å². The van der Waals surface area contributed by atoms with Gasteiger partial charge in [0, 0.05) is 23.5 Å². The predicted octanol–water partition coefficient (Wildman–Crippen LogP) is 2.65. The third kappa shape index (κ3) is 6.90. The standard InChI is InChI=1S/C19H22BrNO4S/c20-18-8-6-15(7-9-18)13-26(24,25)14-19(23)21-12-17(10-11-22)16-4-2-1-3-5-16/h1-9,17,22H,10-14H2,(H,21,23)/t17-/m1/s1. The molecule has 140 valence electrons. The van der Waals surface area contributed by atoms with E-state index in [-0.39, 0.29) is 24.8 Å². The first-order valence-corrected chi connectivity index (χ1v) is 10.9. The van der Waals surface area contributed by atoms with Crippen molar-refractivity contribution in [1.82, 2.24) is 5.32 Å². The highest BCUT2D eigenvalue weighted by atomic mass is 79.9. The molecule has 0 bridgehead atoms. The van der Waals surface area contributed by atoms with Crippen LogP contribution in [-0.2, 0) is 20.4 Å². The van der Waals surface area contributed by atoms with Crippen LogP contribution in [0.1, 0.15) is 23.5 Å². The van der Waals surface area contributed by atoms with Crippen LogP contribution in [0.4, 0.5) is 0 Å². The van der Waals surface area contributed by atoms with Gasteiger partial charge in [0.2, 0.25) is 5.91 Å². The van der Waals surface area contributed by atoms with Crippen molar-refractivity contribution < 1.29 is 18.3 Å². The molecule has 1 amide bonds. The van der Waals surface area contributed by atoms with Crippen LogP contribution in [0.5, 0.6) is 0 Å². The molecule has 0 spiro atoms. The minimum atomic E-state index is -3.55. The Morgan fingerprint density at radius 3 is 2.35 bits per heavy atom. The van der Waals surface area contributed by atoms with E-state index < -0.39 is 21.5 Å². The lowest BCUT2D eigenvalue weighted by Gasteiger charge is -2.17. The first-order chi connectivity index (χ1) is 12.4. The molecule has 0 aliphatic carbocycles. The molecule has 26 heavy (non-hydrogen) atoms. The van der Waals surface area contributed by atoms with Gasteiger partial charge in [-0.25, -0.2) is 8.42 Å². The Labute approximate surface area is 162 Å². The van der Waals surface area contributed by atoms with Gasteiger partial charge in [0.05, 0.1) is 5.75 Å². The van der Waals surface area contributed by atoms with Crippen molar-refractivity contribution >= 4 is 31.7 Å². The summed E-state index contributed by atoms with van der Waals surface area (Å²) in [6.07, 6.45) is 0.496. The lowest BCUT2D eigenvalue weighted by molar-refractivity contribution is -0.118. The minimum absolute atomic E-state index is 0.00268. The molecule has 5 nitrogen and oxygen atoms in total. The summed E-state index contributed by atoms with van der Waals surface area (Å²) in [6, 6.07) is 16.5. The SMILES string of the molecule is O=C(CS(=O)(=O)Cc1ccc(Br)cc1)NC[C@@H](CCO)c1ccccc1. The molecule has 0 aromatic heterocycles. The number of sulfone groups is 1. The first kappa shape index (κ1) is 20.6. The molecule has 7 heteroatoms. The van der Waals surface area contributed by atoms with Crippen LogP contribution in [0, 0.1) is 0 Å². The lowest BCUT2D eigenvalue weighted by Crippen LogP contribution is -2.34. The normalized spacial score (nSPS) is 12.5. The lowest BCUT2D eigenvalue weighted by atomic mass is 9.96. The van der Waals surface area contributed by atoms with E-state index in [4.69, 9.17) is 0 Å². The van der Waals surface area contributed by atoms with Crippen LogP contribution in [0.3, 0.4) is 0 Å². The summed E-state index contributed by atoms with van der Waals surface area (Å²) in [5, 5.41) is 11.9. The Hall–Kier alpha value is -1.70. The van der Waals surface area contributed by atoms with E-state index in [0.717, 1.165) is 10.0 Å². The maximum Gasteiger partial charge on any atom is 0.235 e. The van der Waals surface area contributed by atoms with Crippen molar-refractivity contribution in [3.63, 3.8) is 0 Å². The van der Waals surface area contributed by atoms with Crippen LogP contribution >= 0.6 is 15.9 Å². The number of carbonyl (C=O) groups is 1. The zero-order valence-corrected chi connectivity index (χ0v) is 16.7. The molecule has 2 rings (SSSR count). The average molecular weight is 440 g/mol. The zero-order chi connectivity index (χ0) is 19.0. The van der Waals surface area contributed by atoms with Crippen molar-refractivity contribution in [2.24, 2.45) is 0 Å². The second-order valence-corrected chi connectivity index (χ2v) is 9.06.